The van der Waals surface area contributed by atoms with Crippen LogP contribution in [0.4, 0.5) is 0 Å². The maximum atomic E-state index is 10.1. The summed E-state index contributed by atoms with van der Waals surface area (Å²) >= 11 is 5.08. The average Bonchev–Trinajstić information content (AvgIpc) is 2.96. The van der Waals surface area contributed by atoms with Gasteiger partial charge in [-0.1, -0.05) is 181 Å². The van der Waals surface area contributed by atoms with Crippen LogP contribution in [-0.4, -0.2) is 4.89 Å². The van der Waals surface area contributed by atoms with Crippen LogP contribution in [0, 0.1) is 0 Å². The summed E-state index contributed by atoms with van der Waals surface area (Å²) in [5.41, 5.74) is 0. The molecule has 0 heterocycles. The molecule has 0 aromatic heterocycles. The first-order valence-electron chi connectivity index (χ1n) is 18.1. The fourth-order valence-corrected chi connectivity index (χ4v) is 6.14. The molecule has 0 bridgehead atoms. The second-order valence-corrected chi connectivity index (χ2v) is 14.9. The smallest absolute Gasteiger partial charge is 0.424 e. The molecular formula is C36H71O3PS. The van der Waals surface area contributed by atoms with Crippen molar-refractivity contribution in [2.24, 2.45) is 0 Å². The highest BCUT2D eigenvalue weighted by atomic mass is 32.5. The van der Waals surface area contributed by atoms with E-state index >= 15 is 0 Å². The Balaban J connectivity index is 3.41. The highest BCUT2D eigenvalue weighted by Crippen LogP contribution is 2.44. The van der Waals surface area contributed by atoms with E-state index in [-0.39, 0.29) is 0 Å². The highest BCUT2D eigenvalue weighted by molar-refractivity contribution is 8.07. The van der Waals surface area contributed by atoms with Crippen molar-refractivity contribution in [3.63, 3.8) is 0 Å². The Labute approximate surface area is 263 Å². The molecule has 0 aromatic rings. The normalized spacial score (nSPS) is 13.3. The number of hydrogen-bond acceptors (Lipinski definition) is 3. The molecule has 0 amide bonds. The molecule has 0 atom stereocenters. The van der Waals surface area contributed by atoms with E-state index in [0.29, 0.717) is 0 Å². The number of allylic oxidation sites excluding steroid dienone is 2. The van der Waals surface area contributed by atoms with Crippen molar-refractivity contribution >= 4 is 18.5 Å². The van der Waals surface area contributed by atoms with E-state index in [2.05, 4.69) is 13.8 Å². The van der Waals surface area contributed by atoms with Gasteiger partial charge in [0.05, 0.1) is 12.5 Å². The van der Waals surface area contributed by atoms with Crippen molar-refractivity contribution in [3.8, 4) is 0 Å². The minimum Gasteiger partial charge on any atom is -0.424 e. The standard InChI is InChI=1S/C36H71O3PS/c1-3-5-7-9-11-13-15-17-19-21-23-25-27-29-31-33-35-38-40(37,41)39-36-34-32-30-28-26-24-22-20-18-16-14-12-10-8-6-4-2/h33-36H,3-32H2,1-2H3,(H,37,41). The van der Waals surface area contributed by atoms with Crippen LogP contribution < -0.4 is 0 Å². The van der Waals surface area contributed by atoms with E-state index in [0.717, 1.165) is 25.7 Å². The largest absolute Gasteiger partial charge is 0.431 e. The summed E-state index contributed by atoms with van der Waals surface area (Å²) in [6, 6.07) is 0. The van der Waals surface area contributed by atoms with Crippen molar-refractivity contribution in [3.05, 3.63) is 24.7 Å². The van der Waals surface area contributed by atoms with Gasteiger partial charge in [-0.05, 0) is 37.8 Å². The van der Waals surface area contributed by atoms with Crippen LogP contribution in [0.1, 0.15) is 206 Å². The molecule has 0 aliphatic heterocycles. The van der Waals surface area contributed by atoms with Crippen molar-refractivity contribution in [2.45, 2.75) is 206 Å². The SMILES string of the molecule is CCCCCCCCCCCCCCCCC=COP(O)(=S)OC=CCCCCCCCCCCCCCCCC. The molecule has 41 heavy (non-hydrogen) atoms. The van der Waals surface area contributed by atoms with E-state index in [4.69, 9.17) is 20.9 Å². The van der Waals surface area contributed by atoms with E-state index in [9.17, 15) is 4.89 Å². The predicted octanol–water partition coefficient (Wildman–Crippen LogP) is 14.0. The lowest BCUT2D eigenvalue weighted by atomic mass is 10.0. The molecule has 0 aromatic carbocycles. The van der Waals surface area contributed by atoms with Gasteiger partial charge >= 0.3 is 6.72 Å². The molecule has 0 rings (SSSR count). The molecule has 0 fully saturated rings. The van der Waals surface area contributed by atoms with Gasteiger partial charge in [0.2, 0.25) is 0 Å². The van der Waals surface area contributed by atoms with Gasteiger partial charge < -0.3 is 13.9 Å². The van der Waals surface area contributed by atoms with Crippen LogP contribution in [0.5, 0.6) is 0 Å². The third kappa shape index (κ3) is 35.8. The maximum absolute atomic E-state index is 10.1. The van der Waals surface area contributed by atoms with Crippen molar-refractivity contribution in [2.75, 3.05) is 0 Å². The van der Waals surface area contributed by atoms with Crippen molar-refractivity contribution < 1.29 is 13.9 Å². The summed E-state index contributed by atoms with van der Waals surface area (Å²) in [5.74, 6) is 0. The van der Waals surface area contributed by atoms with Crippen LogP contribution >= 0.6 is 6.72 Å². The van der Waals surface area contributed by atoms with E-state index < -0.39 is 6.72 Å². The lowest BCUT2D eigenvalue weighted by molar-refractivity contribution is 0.316. The molecule has 1 N–H and O–H groups in total. The second kappa shape index (κ2) is 34.2. The van der Waals surface area contributed by atoms with Gasteiger partial charge in [-0.2, -0.15) is 0 Å². The Kier molecular flexibility index (Phi) is 33.9. The minimum atomic E-state index is -3.21. The topological polar surface area (TPSA) is 38.7 Å². The van der Waals surface area contributed by atoms with Gasteiger partial charge in [0.1, 0.15) is 0 Å². The fraction of sp³-hybridized carbons (Fsp3) is 0.889. The summed E-state index contributed by atoms with van der Waals surface area (Å²) in [5, 5.41) is 0. The minimum absolute atomic E-state index is 0.961. The highest BCUT2D eigenvalue weighted by Gasteiger charge is 2.12. The molecule has 0 spiro atoms. The van der Waals surface area contributed by atoms with Gasteiger partial charge in [-0.3, -0.25) is 0 Å². The molecule has 3 nitrogen and oxygen atoms in total. The van der Waals surface area contributed by atoms with Crippen LogP contribution in [-0.2, 0) is 20.9 Å². The Morgan fingerprint density at radius 1 is 0.415 bits per heavy atom. The van der Waals surface area contributed by atoms with Gasteiger partial charge in [0.15, 0.2) is 0 Å². The number of unbranched alkanes of at least 4 members (excludes halogenated alkanes) is 28. The maximum Gasteiger partial charge on any atom is 0.431 e. The van der Waals surface area contributed by atoms with Gasteiger partial charge in [0.25, 0.3) is 0 Å². The first-order valence-corrected chi connectivity index (χ1v) is 20.7. The number of rotatable bonds is 34. The first-order chi connectivity index (χ1) is 20.1. The first kappa shape index (κ1) is 40.7. The van der Waals surface area contributed by atoms with Gasteiger partial charge in [-0.25, -0.2) is 0 Å². The monoisotopic (exact) mass is 614 g/mol. The molecule has 0 aliphatic carbocycles. The van der Waals surface area contributed by atoms with Crippen LogP contribution in [0.2, 0.25) is 0 Å². The summed E-state index contributed by atoms with van der Waals surface area (Å²) < 4.78 is 10.6. The molecule has 0 radical (unpaired) electrons. The quantitative estimate of drug-likeness (QED) is 0.0444. The van der Waals surface area contributed by atoms with E-state index in [1.54, 1.807) is 0 Å². The van der Waals surface area contributed by atoms with Crippen LogP contribution in [0.15, 0.2) is 24.7 Å². The van der Waals surface area contributed by atoms with Gasteiger partial charge in [-0.15, -0.1) is 0 Å². The van der Waals surface area contributed by atoms with Crippen LogP contribution in [0.25, 0.3) is 0 Å². The Hall–Kier alpha value is -0.310. The zero-order valence-electron chi connectivity index (χ0n) is 27.6. The molecule has 5 heteroatoms. The third-order valence-electron chi connectivity index (χ3n) is 8.03. The lowest BCUT2D eigenvalue weighted by Crippen LogP contribution is -1.85. The summed E-state index contributed by atoms with van der Waals surface area (Å²) in [6.45, 7) is 1.35. The Morgan fingerprint density at radius 3 is 0.878 bits per heavy atom. The third-order valence-corrected chi connectivity index (χ3v) is 9.32. The molecule has 0 saturated carbocycles. The average molecular weight is 615 g/mol. The molecule has 0 aliphatic rings. The number of hydrogen-bond donors (Lipinski definition) is 1. The Morgan fingerprint density at radius 2 is 0.634 bits per heavy atom. The molecule has 244 valence electrons. The predicted molar refractivity (Wildman–Crippen MR) is 187 cm³/mol. The molecule has 0 saturated heterocycles. The van der Waals surface area contributed by atoms with E-state index in [1.165, 1.54) is 179 Å². The second-order valence-electron chi connectivity index (χ2n) is 12.2. The van der Waals surface area contributed by atoms with Gasteiger partial charge in [0, 0.05) is 11.8 Å². The van der Waals surface area contributed by atoms with Crippen molar-refractivity contribution in [1.82, 2.24) is 0 Å². The van der Waals surface area contributed by atoms with E-state index in [1.807, 2.05) is 12.2 Å². The van der Waals surface area contributed by atoms with Crippen LogP contribution in [0.3, 0.4) is 0 Å². The lowest BCUT2D eigenvalue weighted by Gasteiger charge is -2.11. The molecule has 0 unspecified atom stereocenters. The Bertz CT molecular complexity index is 560. The summed E-state index contributed by atoms with van der Waals surface area (Å²) in [4.78, 5) is 10.1. The zero-order valence-corrected chi connectivity index (χ0v) is 29.4. The molecular weight excluding hydrogens is 543 g/mol. The zero-order chi connectivity index (χ0) is 30.0. The summed E-state index contributed by atoms with van der Waals surface area (Å²) in [6.07, 6.45) is 47.3. The fourth-order valence-electron chi connectivity index (χ4n) is 5.31. The summed E-state index contributed by atoms with van der Waals surface area (Å²) in [7, 11) is 0. The van der Waals surface area contributed by atoms with Crippen molar-refractivity contribution in [1.29, 1.82) is 0 Å².